The van der Waals surface area contributed by atoms with E-state index in [4.69, 9.17) is 4.74 Å². The quantitative estimate of drug-likeness (QED) is 0.556. The predicted molar refractivity (Wildman–Crippen MR) is 82.2 cm³/mol. The number of hydrogen-bond donors (Lipinski definition) is 0. The monoisotopic (exact) mass is 278 g/mol. The van der Waals surface area contributed by atoms with E-state index in [1.807, 2.05) is 0 Å². The molecule has 0 heterocycles. The van der Waals surface area contributed by atoms with E-state index >= 15 is 0 Å². The summed E-state index contributed by atoms with van der Waals surface area (Å²) >= 11 is 0. The third kappa shape index (κ3) is 1.18. The number of ether oxygens (including phenoxy) is 1. The zero-order valence-electron chi connectivity index (χ0n) is 12.5. The van der Waals surface area contributed by atoms with Gasteiger partial charge in [-0.15, -0.1) is 0 Å². The molecule has 5 aliphatic carbocycles. The van der Waals surface area contributed by atoms with Gasteiger partial charge in [-0.25, -0.2) is 0 Å². The van der Waals surface area contributed by atoms with Gasteiger partial charge in [0.2, 0.25) is 0 Å². The first-order valence-corrected chi connectivity index (χ1v) is 8.70. The summed E-state index contributed by atoms with van der Waals surface area (Å²) in [7, 11) is 1.79. The van der Waals surface area contributed by atoms with Crippen molar-refractivity contribution in [2.24, 2.45) is 41.4 Å². The fourth-order valence-electron chi connectivity index (χ4n) is 7.37. The van der Waals surface area contributed by atoms with Crippen LogP contribution in [0.5, 0.6) is 5.75 Å². The van der Waals surface area contributed by atoms with Crippen molar-refractivity contribution >= 4 is 0 Å². The van der Waals surface area contributed by atoms with Gasteiger partial charge in [0.05, 0.1) is 7.11 Å². The number of rotatable bonds is 1. The molecule has 1 aromatic rings. The van der Waals surface area contributed by atoms with Crippen LogP contribution in [0.1, 0.15) is 29.9 Å². The van der Waals surface area contributed by atoms with Gasteiger partial charge in [0.1, 0.15) is 5.75 Å². The molecule has 6 rings (SSSR count). The molecule has 1 nitrogen and oxygen atoms in total. The van der Waals surface area contributed by atoms with Crippen molar-refractivity contribution in [3.63, 3.8) is 0 Å². The molecule has 0 radical (unpaired) electrons. The Balaban J connectivity index is 1.44. The third-order valence-corrected chi connectivity index (χ3v) is 7.75. The van der Waals surface area contributed by atoms with Crippen LogP contribution in [-0.4, -0.2) is 7.11 Å². The summed E-state index contributed by atoms with van der Waals surface area (Å²) in [4.78, 5) is 0. The average Bonchev–Trinajstić information content (AvgIpc) is 3.26. The summed E-state index contributed by atoms with van der Waals surface area (Å²) in [5.74, 6) is 8.82. The Morgan fingerprint density at radius 3 is 2.57 bits per heavy atom. The Bertz CT molecular complexity index is 660. The topological polar surface area (TPSA) is 9.23 Å². The molecule has 108 valence electrons. The van der Waals surface area contributed by atoms with Crippen molar-refractivity contribution < 1.29 is 4.74 Å². The number of allylic oxidation sites excluding steroid dienone is 2. The van der Waals surface area contributed by atoms with Gasteiger partial charge < -0.3 is 4.74 Å². The van der Waals surface area contributed by atoms with Crippen molar-refractivity contribution in [1.29, 1.82) is 0 Å². The van der Waals surface area contributed by atoms with E-state index in [0.717, 1.165) is 53.1 Å². The van der Waals surface area contributed by atoms with Crippen molar-refractivity contribution in [3.8, 4) is 5.75 Å². The summed E-state index contributed by atoms with van der Waals surface area (Å²) in [5.41, 5.74) is 3.28. The largest absolute Gasteiger partial charge is 0.497 e. The molecule has 0 N–H and O–H groups in total. The highest BCUT2D eigenvalue weighted by molar-refractivity contribution is 5.45. The lowest BCUT2D eigenvalue weighted by molar-refractivity contribution is 0.136. The first-order chi connectivity index (χ1) is 10.3. The summed E-state index contributed by atoms with van der Waals surface area (Å²) in [5, 5.41) is 0. The molecule has 8 atom stereocenters. The lowest BCUT2D eigenvalue weighted by Crippen LogP contribution is -2.34. The van der Waals surface area contributed by atoms with Crippen LogP contribution in [0.4, 0.5) is 0 Å². The van der Waals surface area contributed by atoms with E-state index in [9.17, 15) is 0 Å². The maximum atomic E-state index is 5.44. The summed E-state index contributed by atoms with van der Waals surface area (Å²) in [6.45, 7) is 0. The Labute approximate surface area is 126 Å². The molecule has 0 amide bonds. The molecular formula is C20H22O. The summed E-state index contributed by atoms with van der Waals surface area (Å²) in [6.07, 6.45) is 9.46. The smallest absolute Gasteiger partial charge is 0.119 e. The number of methoxy groups -OCH3 is 1. The van der Waals surface area contributed by atoms with Gasteiger partial charge in [0, 0.05) is 0 Å². The van der Waals surface area contributed by atoms with E-state index in [2.05, 4.69) is 30.4 Å². The standard InChI is InChI=1S/C20H22O/c1-21-13-4-5-14-12(7-13)8-15-16-9-17(20(14)15)19-11-3-2-10(6-11)18(16)19/h2-5,7,10-11,15-20H,6,8-9H2,1H3. The molecule has 3 saturated carbocycles. The fraction of sp³-hybridized carbons (Fsp3) is 0.600. The Morgan fingerprint density at radius 1 is 0.952 bits per heavy atom. The Kier molecular flexibility index (Phi) is 1.92. The highest BCUT2D eigenvalue weighted by Crippen LogP contribution is 2.72. The highest BCUT2D eigenvalue weighted by Gasteiger charge is 2.65. The maximum Gasteiger partial charge on any atom is 0.119 e. The second kappa shape index (κ2) is 3.56. The number of fused-ring (bicyclic) bond motifs is 14. The SMILES string of the molecule is COc1ccc2c(c1)CC1C3CC(C21)C1C2C=CC(C2)C31. The van der Waals surface area contributed by atoms with Gasteiger partial charge in [-0.1, -0.05) is 18.2 Å². The van der Waals surface area contributed by atoms with E-state index in [1.165, 1.54) is 19.3 Å². The number of benzene rings is 1. The molecule has 0 spiro atoms. The summed E-state index contributed by atoms with van der Waals surface area (Å²) in [6, 6.07) is 6.89. The third-order valence-electron chi connectivity index (χ3n) is 7.75. The van der Waals surface area contributed by atoms with Crippen LogP contribution in [0, 0.1) is 41.4 Å². The van der Waals surface area contributed by atoms with Crippen molar-refractivity contribution in [2.75, 3.05) is 7.11 Å². The van der Waals surface area contributed by atoms with Gasteiger partial charge in [-0.05, 0) is 89.9 Å². The van der Waals surface area contributed by atoms with Crippen LogP contribution in [0.15, 0.2) is 30.4 Å². The van der Waals surface area contributed by atoms with E-state index in [1.54, 1.807) is 18.2 Å². The minimum Gasteiger partial charge on any atom is -0.497 e. The molecular weight excluding hydrogens is 256 g/mol. The van der Waals surface area contributed by atoms with E-state index in [-0.39, 0.29) is 0 Å². The van der Waals surface area contributed by atoms with Crippen molar-refractivity contribution in [3.05, 3.63) is 41.5 Å². The van der Waals surface area contributed by atoms with Crippen molar-refractivity contribution in [1.82, 2.24) is 0 Å². The highest BCUT2D eigenvalue weighted by atomic mass is 16.5. The van der Waals surface area contributed by atoms with E-state index in [0.29, 0.717) is 0 Å². The minimum atomic E-state index is 0.880. The van der Waals surface area contributed by atoms with Crippen LogP contribution in [0.2, 0.25) is 0 Å². The van der Waals surface area contributed by atoms with Gasteiger partial charge in [-0.2, -0.15) is 0 Å². The van der Waals surface area contributed by atoms with Crippen molar-refractivity contribution in [2.45, 2.75) is 25.2 Å². The van der Waals surface area contributed by atoms with Gasteiger partial charge in [0.25, 0.3) is 0 Å². The van der Waals surface area contributed by atoms with Gasteiger partial charge >= 0.3 is 0 Å². The fourth-order valence-corrected chi connectivity index (χ4v) is 7.37. The van der Waals surface area contributed by atoms with Crippen LogP contribution in [0.3, 0.4) is 0 Å². The Morgan fingerprint density at radius 2 is 1.76 bits per heavy atom. The molecule has 0 saturated heterocycles. The normalized spacial score (nSPS) is 50.3. The molecule has 5 aliphatic rings. The average molecular weight is 278 g/mol. The predicted octanol–water partition coefficient (Wildman–Crippen LogP) is 4.04. The van der Waals surface area contributed by atoms with Crippen LogP contribution in [-0.2, 0) is 6.42 Å². The maximum absolute atomic E-state index is 5.44. The molecule has 4 bridgehead atoms. The van der Waals surface area contributed by atoms with E-state index < -0.39 is 0 Å². The van der Waals surface area contributed by atoms with Crippen LogP contribution in [0.25, 0.3) is 0 Å². The second-order valence-electron chi connectivity index (χ2n) is 8.12. The molecule has 1 heteroatoms. The molecule has 8 unspecified atom stereocenters. The first kappa shape index (κ1) is 11.3. The number of hydrogen-bond acceptors (Lipinski definition) is 1. The zero-order chi connectivity index (χ0) is 13.7. The molecule has 0 aliphatic heterocycles. The lowest BCUT2D eigenvalue weighted by atomic mass is 9.65. The molecule has 21 heavy (non-hydrogen) atoms. The van der Waals surface area contributed by atoms with Crippen LogP contribution >= 0.6 is 0 Å². The lowest BCUT2D eigenvalue weighted by Gasteiger charge is -2.39. The van der Waals surface area contributed by atoms with Crippen LogP contribution < -0.4 is 4.74 Å². The van der Waals surface area contributed by atoms with Gasteiger partial charge in [0.15, 0.2) is 0 Å². The zero-order valence-corrected chi connectivity index (χ0v) is 12.5. The molecule has 3 fully saturated rings. The Hall–Kier alpha value is -1.24. The van der Waals surface area contributed by atoms with Gasteiger partial charge in [-0.3, -0.25) is 0 Å². The minimum absolute atomic E-state index is 0.880. The summed E-state index contributed by atoms with van der Waals surface area (Å²) < 4.78 is 5.44. The second-order valence-corrected chi connectivity index (χ2v) is 8.12. The molecule has 1 aromatic carbocycles. The molecule has 0 aromatic heterocycles. The first-order valence-electron chi connectivity index (χ1n) is 8.70.